The smallest absolute Gasteiger partial charge is 0.326 e. The maximum Gasteiger partial charge on any atom is 0.326 e. The lowest BCUT2D eigenvalue weighted by molar-refractivity contribution is -0.139. The molecule has 23 heavy (non-hydrogen) atoms. The zero-order valence-electron chi connectivity index (χ0n) is 14.3. The molecule has 1 amide bonds. The predicted molar refractivity (Wildman–Crippen MR) is 89.7 cm³/mol. The molecule has 0 saturated carbocycles. The number of carbonyl (C=O) groups excluding carboxylic acids is 1. The minimum atomic E-state index is -1.01. The van der Waals surface area contributed by atoms with Gasteiger partial charge in [0.2, 0.25) is 0 Å². The Hall–Kier alpha value is -2.04. The fourth-order valence-corrected chi connectivity index (χ4v) is 2.05. The second-order valence-electron chi connectivity index (χ2n) is 6.55. The molecular formula is C18H27NO4. The molecule has 5 nitrogen and oxygen atoms in total. The topological polar surface area (TPSA) is 75.6 Å². The summed E-state index contributed by atoms with van der Waals surface area (Å²) >= 11 is 0. The van der Waals surface area contributed by atoms with Gasteiger partial charge in [-0.05, 0) is 48.9 Å². The molecule has 128 valence electrons. The van der Waals surface area contributed by atoms with Gasteiger partial charge in [0.05, 0.1) is 6.61 Å². The van der Waals surface area contributed by atoms with Gasteiger partial charge in [-0.1, -0.05) is 27.7 Å². The van der Waals surface area contributed by atoms with E-state index in [1.165, 1.54) is 0 Å². The molecule has 0 bridgehead atoms. The van der Waals surface area contributed by atoms with E-state index in [0.717, 1.165) is 6.42 Å². The van der Waals surface area contributed by atoms with E-state index in [-0.39, 0.29) is 11.8 Å². The molecule has 0 aliphatic heterocycles. The highest BCUT2D eigenvalue weighted by Gasteiger charge is 2.21. The lowest BCUT2D eigenvalue weighted by Gasteiger charge is -2.16. The molecule has 0 aliphatic carbocycles. The Kier molecular flexibility index (Phi) is 7.59. The Morgan fingerprint density at radius 2 is 1.70 bits per heavy atom. The van der Waals surface area contributed by atoms with E-state index < -0.39 is 12.0 Å². The molecule has 0 aliphatic rings. The third-order valence-corrected chi connectivity index (χ3v) is 3.39. The molecule has 0 spiro atoms. The molecule has 1 aromatic rings. The monoisotopic (exact) mass is 321 g/mol. The van der Waals surface area contributed by atoms with Crippen molar-refractivity contribution in [1.29, 1.82) is 0 Å². The fourth-order valence-electron chi connectivity index (χ4n) is 2.05. The lowest BCUT2D eigenvalue weighted by atomic mass is 10.0. The van der Waals surface area contributed by atoms with Crippen LogP contribution < -0.4 is 10.1 Å². The predicted octanol–water partition coefficient (Wildman–Crippen LogP) is 3.34. The number of aliphatic carboxylic acids is 1. The number of carboxylic acids is 1. The summed E-state index contributed by atoms with van der Waals surface area (Å²) < 4.78 is 5.60. The first-order valence-electron chi connectivity index (χ1n) is 8.06. The molecule has 0 radical (unpaired) electrons. The normalized spacial score (nSPS) is 12.3. The van der Waals surface area contributed by atoms with Gasteiger partial charge < -0.3 is 15.2 Å². The van der Waals surface area contributed by atoms with Crippen molar-refractivity contribution in [3.05, 3.63) is 29.8 Å². The second-order valence-corrected chi connectivity index (χ2v) is 6.55. The van der Waals surface area contributed by atoms with Crippen molar-refractivity contribution in [3.8, 4) is 5.75 Å². The van der Waals surface area contributed by atoms with Crippen LogP contribution in [0.25, 0.3) is 0 Å². The van der Waals surface area contributed by atoms with Crippen LogP contribution in [0.15, 0.2) is 24.3 Å². The number of carbonyl (C=O) groups is 2. The van der Waals surface area contributed by atoms with Gasteiger partial charge >= 0.3 is 5.97 Å². The summed E-state index contributed by atoms with van der Waals surface area (Å²) in [4.78, 5) is 23.3. The van der Waals surface area contributed by atoms with E-state index in [9.17, 15) is 9.59 Å². The number of hydrogen-bond donors (Lipinski definition) is 2. The zero-order valence-corrected chi connectivity index (χ0v) is 14.3. The lowest BCUT2D eigenvalue weighted by Crippen LogP contribution is -2.41. The number of carboxylic acid groups (broad SMARTS) is 1. The summed E-state index contributed by atoms with van der Waals surface area (Å²) in [7, 11) is 0. The summed E-state index contributed by atoms with van der Waals surface area (Å²) in [5, 5.41) is 11.7. The summed E-state index contributed by atoms with van der Waals surface area (Å²) in [5.74, 6) is 0.0775. The van der Waals surface area contributed by atoms with Crippen LogP contribution in [0.3, 0.4) is 0 Å². The molecule has 5 heteroatoms. The van der Waals surface area contributed by atoms with Crippen molar-refractivity contribution in [3.63, 3.8) is 0 Å². The number of rotatable bonds is 9. The van der Waals surface area contributed by atoms with Crippen molar-refractivity contribution in [2.24, 2.45) is 11.8 Å². The van der Waals surface area contributed by atoms with Crippen LogP contribution in [0.1, 0.15) is 50.9 Å². The SMILES string of the molecule is CC(C)CCOc1ccc(C(=O)N[C@@H](CC(C)C)C(=O)O)cc1. The first kappa shape index (κ1) is 19.0. The Bertz CT molecular complexity index is 508. The molecule has 0 unspecified atom stereocenters. The third-order valence-electron chi connectivity index (χ3n) is 3.39. The molecule has 0 aromatic heterocycles. The molecular weight excluding hydrogens is 294 g/mol. The van der Waals surface area contributed by atoms with Gasteiger partial charge in [-0.25, -0.2) is 4.79 Å². The minimum absolute atomic E-state index is 0.188. The van der Waals surface area contributed by atoms with E-state index in [0.29, 0.717) is 30.3 Å². The quantitative estimate of drug-likeness (QED) is 0.731. The molecule has 0 fully saturated rings. The minimum Gasteiger partial charge on any atom is -0.494 e. The standard InChI is InChI=1S/C18H27NO4/c1-12(2)9-10-23-15-7-5-14(6-8-15)17(20)19-16(18(21)22)11-13(3)4/h5-8,12-13,16H,9-11H2,1-4H3,(H,19,20)(H,21,22)/t16-/m0/s1. The maximum absolute atomic E-state index is 12.1. The van der Waals surface area contributed by atoms with Crippen molar-refractivity contribution >= 4 is 11.9 Å². The van der Waals surface area contributed by atoms with Crippen molar-refractivity contribution < 1.29 is 19.4 Å². The van der Waals surface area contributed by atoms with E-state index in [4.69, 9.17) is 9.84 Å². The number of ether oxygens (including phenoxy) is 1. The first-order chi connectivity index (χ1) is 10.8. The van der Waals surface area contributed by atoms with Crippen LogP contribution in [-0.4, -0.2) is 29.6 Å². The molecule has 1 atom stereocenters. The third kappa shape index (κ3) is 7.17. The Labute approximate surface area is 138 Å². The maximum atomic E-state index is 12.1. The van der Waals surface area contributed by atoms with Crippen molar-refractivity contribution in [1.82, 2.24) is 5.32 Å². The highest BCUT2D eigenvalue weighted by Crippen LogP contribution is 2.14. The number of nitrogens with one attached hydrogen (secondary N) is 1. The Morgan fingerprint density at radius 3 is 2.17 bits per heavy atom. The van der Waals surface area contributed by atoms with E-state index in [2.05, 4.69) is 19.2 Å². The highest BCUT2D eigenvalue weighted by molar-refractivity contribution is 5.96. The highest BCUT2D eigenvalue weighted by atomic mass is 16.5. The van der Waals surface area contributed by atoms with Crippen LogP contribution in [0.4, 0.5) is 0 Å². The summed E-state index contributed by atoms with van der Waals surface area (Å²) in [6.07, 6.45) is 1.37. The summed E-state index contributed by atoms with van der Waals surface area (Å²) in [6, 6.07) is 5.88. The molecule has 0 saturated heterocycles. The number of benzene rings is 1. The van der Waals surface area contributed by atoms with Crippen LogP contribution in [0.5, 0.6) is 5.75 Å². The van der Waals surface area contributed by atoms with Crippen LogP contribution in [-0.2, 0) is 4.79 Å². The fraction of sp³-hybridized carbons (Fsp3) is 0.556. The van der Waals surface area contributed by atoms with Gasteiger partial charge in [0.1, 0.15) is 11.8 Å². The van der Waals surface area contributed by atoms with E-state index in [1.807, 2.05) is 13.8 Å². The zero-order chi connectivity index (χ0) is 17.4. The van der Waals surface area contributed by atoms with Crippen LogP contribution in [0, 0.1) is 11.8 Å². The molecule has 1 rings (SSSR count). The van der Waals surface area contributed by atoms with Crippen molar-refractivity contribution in [2.75, 3.05) is 6.61 Å². The summed E-state index contributed by atoms with van der Waals surface area (Å²) in [5.41, 5.74) is 0.427. The van der Waals surface area contributed by atoms with Gasteiger partial charge in [0.15, 0.2) is 0 Å². The van der Waals surface area contributed by atoms with Crippen LogP contribution in [0.2, 0.25) is 0 Å². The molecule has 0 heterocycles. The summed E-state index contributed by atoms with van der Waals surface area (Å²) in [6.45, 7) is 8.75. The molecule has 1 aromatic carbocycles. The van der Waals surface area contributed by atoms with Gasteiger partial charge in [-0.15, -0.1) is 0 Å². The van der Waals surface area contributed by atoms with Gasteiger partial charge in [0, 0.05) is 5.56 Å². The Morgan fingerprint density at radius 1 is 1.09 bits per heavy atom. The average molecular weight is 321 g/mol. The first-order valence-corrected chi connectivity index (χ1v) is 8.06. The second kappa shape index (κ2) is 9.18. The number of amides is 1. The average Bonchev–Trinajstić information content (AvgIpc) is 2.46. The van der Waals surface area contributed by atoms with Crippen LogP contribution >= 0.6 is 0 Å². The van der Waals surface area contributed by atoms with E-state index >= 15 is 0 Å². The van der Waals surface area contributed by atoms with Crippen molar-refractivity contribution in [2.45, 2.75) is 46.6 Å². The number of hydrogen-bond acceptors (Lipinski definition) is 3. The Balaban J connectivity index is 2.60. The van der Waals surface area contributed by atoms with E-state index in [1.54, 1.807) is 24.3 Å². The molecule has 2 N–H and O–H groups in total. The largest absolute Gasteiger partial charge is 0.494 e. The van der Waals surface area contributed by atoms with Gasteiger partial charge in [-0.2, -0.15) is 0 Å². The van der Waals surface area contributed by atoms with Gasteiger partial charge in [0.25, 0.3) is 5.91 Å². The van der Waals surface area contributed by atoms with Gasteiger partial charge in [-0.3, -0.25) is 4.79 Å².